The van der Waals surface area contributed by atoms with Crippen LogP contribution in [0.3, 0.4) is 0 Å². The molecule has 0 aliphatic heterocycles. The van der Waals surface area contributed by atoms with Gasteiger partial charge in [0.2, 0.25) is 0 Å². The Hall–Kier alpha value is -1.97. The highest BCUT2D eigenvalue weighted by molar-refractivity contribution is 5.86. The number of nitrogens with zero attached hydrogens (tertiary/aromatic N) is 2. The maximum absolute atomic E-state index is 10.6. The molecule has 1 heterocycles. The van der Waals surface area contributed by atoms with Crippen LogP contribution < -0.4 is 0 Å². The zero-order valence-electron chi connectivity index (χ0n) is 6.60. The van der Waals surface area contributed by atoms with Crippen molar-refractivity contribution in [3.8, 4) is 0 Å². The van der Waals surface area contributed by atoms with Crippen molar-refractivity contribution in [2.45, 2.75) is 0 Å². The number of aromatic nitrogens is 1. The van der Waals surface area contributed by atoms with Crippen molar-refractivity contribution in [3.63, 3.8) is 0 Å². The molecular weight excluding hydrogens is 168 g/mol. The first-order valence-corrected chi connectivity index (χ1v) is 3.68. The van der Waals surface area contributed by atoms with Gasteiger partial charge < -0.3 is 0 Å². The van der Waals surface area contributed by atoms with Gasteiger partial charge in [0.1, 0.15) is 5.52 Å². The van der Waals surface area contributed by atoms with E-state index in [1.165, 1.54) is 12.3 Å². The Kier molecular flexibility index (Phi) is 1.66. The summed E-state index contributed by atoms with van der Waals surface area (Å²) in [5.74, 6) is 0. The molecule has 4 nitrogen and oxygen atoms in total. The number of nitro benzene ring substituents is 1. The van der Waals surface area contributed by atoms with Gasteiger partial charge in [0.25, 0.3) is 5.69 Å². The molecule has 4 heteroatoms. The zero-order chi connectivity index (χ0) is 9.26. The molecule has 0 atom stereocenters. The fourth-order valence-electron chi connectivity index (χ4n) is 1.18. The van der Waals surface area contributed by atoms with Crippen LogP contribution in [0.1, 0.15) is 0 Å². The standard InChI is InChI=1S/C9H5N2O2/c12-11(13)8-5-1-3-7-4-2-6-10-9(7)8/h1,3-6H. The van der Waals surface area contributed by atoms with Crippen molar-refractivity contribution in [1.29, 1.82) is 0 Å². The molecule has 0 spiro atoms. The van der Waals surface area contributed by atoms with Crippen LogP contribution in [0.25, 0.3) is 10.9 Å². The number of fused-ring (bicyclic) bond motifs is 1. The summed E-state index contributed by atoms with van der Waals surface area (Å²) in [6.07, 6.45) is 1.43. The van der Waals surface area contributed by atoms with Gasteiger partial charge in [0.05, 0.1) is 4.92 Å². The second-order valence-corrected chi connectivity index (χ2v) is 2.54. The summed E-state index contributed by atoms with van der Waals surface area (Å²) < 4.78 is 0. The Morgan fingerprint density at radius 3 is 3.08 bits per heavy atom. The Morgan fingerprint density at radius 1 is 1.46 bits per heavy atom. The maximum atomic E-state index is 10.6. The molecule has 13 heavy (non-hydrogen) atoms. The largest absolute Gasteiger partial charge is 0.295 e. The highest BCUT2D eigenvalue weighted by Gasteiger charge is 2.10. The Balaban J connectivity index is 2.83. The molecule has 0 amide bonds. The van der Waals surface area contributed by atoms with Crippen LogP contribution in [0.4, 0.5) is 5.69 Å². The summed E-state index contributed by atoms with van der Waals surface area (Å²) in [5, 5.41) is 11.3. The van der Waals surface area contributed by atoms with Gasteiger partial charge in [0.15, 0.2) is 0 Å². The number of para-hydroxylation sites is 1. The van der Waals surface area contributed by atoms with E-state index in [4.69, 9.17) is 0 Å². The van der Waals surface area contributed by atoms with Gasteiger partial charge in [-0.25, -0.2) is 4.98 Å². The van der Waals surface area contributed by atoms with E-state index < -0.39 is 4.92 Å². The minimum absolute atomic E-state index is 0.0338. The van der Waals surface area contributed by atoms with Crippen LogP contribution in [0.2, 0.25) is 0 Å². The number of pyridine rings is 1. The molecule has 0 aliphatic rings. The number of hydrogen-bond acceptors (Lipinski definition) is 3. The van der Waals surface area contributed by atoms with E-state index in [0.29, 0.717) is 5.52 Å². The van der Waals surface area contributed by atoms with Crippen LogP contribution in [0.15, 0.2) is 30.5 Å². The van der Waals surface area contributed by atoms with Gasteiger partial charge in [-0.3, -0.25) is 10.1 Å². The van der Waals surface area contributed by atoms with Gasteiger partial charge >= 0.3 is 0 Å². The van der Waals surface area contributed by atoms with E-state index in [1.54, 1.807) is 18.2 Å². The molecule has 0 fully saturated rings. The molecule has 0 saturated carbocycles. The lowest BCUT2D eigenvalue weighted by atomic mass is 10.2. The molecular formula is C9H5N2O2. The van der Waals surface area contributed by atoms with E-state index in [2.05, 4.69) is 11.1 Å². The molecule has 1 radical (unpaired) electrons. The number of hydrogen-bond donors (Lipinski definition) is 0. The first-order chi connectivity index (χ1) is 6.29. The molecule has 63 valence electrons. The minimum Gasteiger partial charge on any atom is -0.258 e. The highest BCUT2D eigenvalue weighted by Crippen LogP contribution is 2.21. The summed E-state index contributed by atoms with van der Waals surface area (Å²) in [6.45, 7) is 0. The second kappa shape index (κ2) is 2.82. The number of benzene rings is 1. The topological polar surface area (TPSA) is 56.0 Å². The summed E-state index contributed by atoms with van der Waals surface area (Å²) in [4.78, 5) is 14.0. The minimum atomic E-state index is -0.435. The predicted octanol–water partition coefficient (Wildman–Crippen LogP) is 1.94. The third-order valence-corrected chi connectivity index (χ3v) is 1.75. The molecule has 0 bridgehead atoms. The maximum Gasteiger partial charge on any atom is 0.295 e. The highest BCUT2D eigenvalue weighted by atomic mass is 16.6. The zero-order valence-corrected chi connectivity index (χ0v) is 6.60. The van der Waals surface area contributed by atoms with Crippen LogP contribution in [0, 0.1) is 16.2 Å². The number of nitro groups is 1. The average Bonchev–Trinajstić information content (AvgIpc) is 2.17. The molecule has 0 saturated heterocycles. The van der Waals surface area contributed by atoms with Crippen molar-refractivity contribution in [2.24, 2.45) is 0 Å². The SMILES string of the molecule is O=[N+]([O-])c1cccc2c[c]cnc12. The summed E-state index contributed by atoms with van der Waals surface area (Å²) >= 11 is 0. The lowest BCUT2D eigenvalue weighted by Crippen LogP contribution is -1.90. The first kappa shape index (κ1) is 7.67. The molecule has 1 aromatic carbocycles. The fourth-order valence-corrected chi connectivity index (χ4v) is 1.18. The van der Waals surface area contributed by atoms with Crippen LogP contribution in [-0.2, 0) is 0 Å². The lowest BCUT2D eigenvalue weighted by molar-refractivity contribution is -0.383. The van der Waals surface area contributed by atoms with Crippen molar-refractivity contribution in [3.05, 3.63) is 46.6 Å². The average molecular weight is 173 g/mol. The normalized spacial score (nSPS) is 10.2. The Morgan fingerprint density at radius 2 is 2.31 bits per heavy atom. The van der Waals surface area contributed by atoms with Crippen molar-refractivity contribution in [1.82, 2.24) is 4.98 Å². The number of rotatable bonds is 1. The third kappa shape index (κ3) is 1.22. The van der Waals surface area contributed by atoms with Crippen molar-refractivity contribution in [2.75, 3.05) is 0 Å². The van der Waals surface area contributed by atoms with E-state index in [9.17, 15) is 10.1 Å². The quantitative estimate of drug-likeness (QED) is 0.489. The monoisotopic (exact) mass is 173 g/mol. The third-order valence-electron chi connectivity index (χ3n) is 1.75. The summed E-state index contributed by atoms with van der Waals surface area (Å²) in [6, 6.07) is 9.29. The molecule has 2 rings (SSSR count). The van der Waals surface area contributed by atoms with Gasteiger partial charge in [-0.05, 0) is 6.07 Å². The van der Waals surface area contributed by atoms with Crippen LogP contribution >= 0.6 is 0 Å². The van der Waals surface area contributed by atoms with Crippen molar-refractivity contribution >= 4 is 16.6 Å². The van der Waals surface area contributed by atoms with Crippen LogP contribution in [-0.4, -0.2) is 9.91 Å². The second-order valence-electron chi connectivity index (χ2n) is 2.54. The van der Waals surface area contributed by atoms with E-state index in [1.807, 2.05) is 0 Å². The lowest BCUT2D eigenvalue weighted by Gasteiger charge is -1.95. The molecule has 1 aromatic heterocycles. The van der Waals surface area contributed by atoms with Crippen LogP contribution in [0.5, 0.6) is 0 Å². The fraction of sp³-hybridized carbons (Fsp3) is 0. The summed E-state index contributed by atoms with van der Waals surface area (Å²) in [7, 11) is 0. The van der Waals surface area contributed by atoms with Gasteiger partial charge in [-0.2, -0.15) is 0 Å². The Bertz CT molecular complexity index is 463. The smallest absolute Gasteiger partial charge is 0.258 e. The van der Waals surface area contributed by atoms with Gasteiger partial charge in [-0.1, -0.05) is 12.1 Å². The van der Waals surface area contributed by atoms with E-state index >= 15 is 0 Å². The van der Waals surface area contributed by atoms with E-state index in [0.717, 1.165) is 5.39 Å². The number of non-ortho nitro benzene ring substituents is 1. The molecule has 2 aromatic rings. The molecule has 0 unspecified atom stereocenters. The Labute approximate surface area is 74.0 Å². The van der Waals surface area contributed by atoms with Crippen molar-refractivity contribution < 1.29 is 4.92 Å². The predicted molar refractivity (Wildman–Crippen MR) is 47.2 cm³/mol. The molecule has 0 aliphatic carbocycles. The summed E-state index contributed by atoms with van der Waals surface area (Å²) in [5.41, 5.74) is 0.442. The molecule has 0 N–H and O–H groups in total. The first-order valence-electron chi connectivity index (χ1n) is 3.68. The van der Waals surface area contributed by atoms with Gasteiger partial charge in [-0.15, -0.1) is 0 Å². The van der Waals surface area contributed by atoms with Gasteiger partial charge in [0, 0.05) is 23.7 Å². The van der Waals surface area contributed by atoms with E-state index in [-0.39, 0.29) is 5.69 Å².